The van der Waals surface area contributed by atoms with Crippen LogP contribution >= 0.6 is 0 Å². The maximum absolute atomic E-state index is 11.7. The lowest BCUT2D eigenvalue weighted by molar-refractivity contribution is 0.326. The van der Waals surface area contributed by atoms with E-state index in [9.17, 15) is 8.42 Å². The molecule has 0 spiro atoms. The maximum Gasteiger partial charge on any atom is 0.297 e. The highest BCUT2D eigenvalue weighted by atomic mass is 32.2. The van der Waals surface area contributed by atoms with E-state index in [0.717, 1.165) is 5.56 Å². The summed E-state index contributed by atoms with van der Waals surface area (Å²) < 4.78 is 28.4. The Bertz CT molecular complexity index is 557. The van der Waals surface area contributed by atoms with Crippen LogP contribution in [0.25, 0.3) is 0 Å². The lowest BCUT2D eigenvalue weighted by atomic mass is 10.2. The summed E-state index contributed by atoms with van der Waals surface area (Å²) in [5, 5.41) is 0. The van der Waals surface area contributed by atoms with Crippen LogP contribution < -0.4 is 0 Å². The van der Waals surface area contributed by atoms with Gasteiger partial charge in [0, 0.05) is 6.42 Å². The average Bonchev–Trinajstić information content (AvgIpc) is 2.34. The van der Waals surface area contributed by atoms with Crippen LogP contribution in [-0.4, -0.2) is 15.0 Å². The number of hydrogen-bond donors (Lipinski definition) is 0. The van der Waals surface area contributed by atoms with Gasteiger partial charge in [-0.2, -0.15) is 8.42 Å². The van der Waals surface area contributed by atoms with E-state index < -0.39 is 10.1 Å². The van der Waals surface area contributed by atoms with Gasteiger partial charge in [-0.15, -0.1) is 0 Å². The molecule has 1 aromatic rings. The standard InChI is InChI=1S/C14H16O3S/c1-3-4-5-6-7-12-17-18(15,16)14-10-8-13(2)9-11-14/h3-4,8-11H,7,12H2,1-2H3/b4-3-. The van der Waals surface area contributed by atoms with Gasteiger partial charge in [0.25, 0.3) is 10.1 Å². The molecule has 1 rings (SSSR count). The molecule has 0 aliphatic heterocycles. The molecule has 0 heterocycles. The first-order chi connectivity index (χ1) is 8.56. The van der Waals surface area contributed by atoms with Gasteiger partial charge in [0.1, 0.15) is 0 Å². The van der Waals surface area contributed by atoms with E-state index >= 15 is 0 Å². The Morgan fingerprint density at radius 3 is 2.56 bits per heavy atom. The molecular formula is C14H16O3S. The van der Waals surface area contributed by atoms with Crippen molar-refractivity contribution in [2.75, 3.05) is 6.61 Å². The second kappa shape index (κ2) is 7.00. The SMILES string of the molecule is C/C=C\C#CCCOS(=O)(=O)c1ccc(C)cc1. The summed E-state index contributed by atoms with van der Waals surface area (Å²) in [4.78, 5) is 0.175. The van der Waals surface area contributed by atoms with Gasteiger partial charge in [-0.3, -0.25) is 4.18 Å². The van der Waals surface area contributed by atoms with Crippen molar-refractivity contribution in [1.29, 1.82) is 0 Å². The van der Waals surface area contributed by atoms with Crippen molar-refractivity contribution in [3.63, 3.8) is 0 Å². The monoisotopic (exact) mass is 264 g/mol. The molecule has 0 amide bonds. The summed E-state index contributed by atoms with van der Waals surface area (Å²) in [6.45, 7) is 3.84. The minimum atomic E-state index is -3.66. The zero-order chi connectivity index (χ0) is 13.4. The van der Waals surface area contributed by atoms with Crippen LogP contribution in [0.3, 0.4) is 0 Å². The van der Waals surface area contributed by atoms with Crippen LogP contribution in [0, 0.1) is 18.8 Å². The van der Waals surface area contributed by atoms with E-state index in [2.05, 4.69) is 11.8 Å². The van der Waals surface area contributed by atoms with Crippen molar-refractivity contribution in [2.24, 2.45) is 0 Å². The molecule has 4 heteroatoms. The summed E-state index contributed by atoms with van der Waals surface area (Å²) in [5.41, 5.74) is 1.01. The lowest BCUT2D eigenvalue weighted by Crippen LogP contribution is -2.07. The topological polar surface area (TPSA) is 43.4 Å². The minimum absolute atomic E-state index is 0.0702. The maximum atomic E-state index is 11.7. The average molecular weight is 264 g/mol. The number of allylic oxidation sites excluding steroid dienone is 2. The zero-order valence-corrected chi connectivity index (χ0v) is 11.3. The van der Waals surface area contributed by atoms with Crippen molar-refractivity contribution in [3.8, 4) is 11.8 Å². The molecule has 0 aliphatic rings. The van der Waals surface area contributed by atoms with Crippen LogP contribution in [0.15, 0.2) is 41.3 Å². The summed E-state index contributed by atoms with van der Waals surface area (Å²) in [6.07, 6.45) is 3.90. The predicted octanol–water partition coefficient (Wildman–Crippen LogP) is 2.67. The first kappa shape index (κ1) is 14.5. The fourth-order valence-electron chi connectivity index (χ4n) is 1.19. The lowest BCUT2D eigenvalue weighted by Gasteiger charge is -2.03. The fraction of sp³-hybridized carbons (Fsp3) is 0.286. The Morgan fingerprint density at radius 2 is 1.94 bits per heavy atom. The van der Waals surface area contributed by atoms with Gasteiger partial charge >= 0.3 is 0 Å². The smallest absolute Gasteiger partial charge is 0.265 e. The molecule has 1 aromatic carbocycles. The highest BCUT2D eigenvalue weighted by Crippen LogP contribution is 2.13. The van der Waals surface area contributed by atoms with E-state index in [1.54, 1.807) is 18.2 Å². The Labute approximate surface area is 109 Å². The molecule has 0 N–H and O–H groups in total. The predicted molar refractivity (Wildman–Crippen MR) is 71.5 cm³/mol. The van der Waals surface area contributed by atoms with Gasteiger partial charge in [0.15, 0.2) is 0 Å². The van der Waals surface area contributed by atoms with Crippen molar-refractivity contribution in [3.05, 3.63) is 42.0 Å². The summed E-state index contributed by atoms with van der Waals surface area (Å²) in [7, 11) is -3.66. The second-order valence-electron chi connectivity index (χ2n) is 3.66. The van der Waals surface area contributed by atoms with Crippen molar-refractivity contribution >= 4 is 10.1 Å². The zero-order valence-electron chi connectivity index (χ0n) is 10.5. The highest BCUT2D eigenvalue weighted by molar-refractivity contribution is 7.86. The summed E-state index contributed by atoms with van der Waals surface area (Å²) in [5.74, 6) is 5.56. The molecule has 3 nitrogen and oxygen atoms in total. The van der Waals surface area contributed by atoms with Gasteiger partial charge in [-0.1, -0.05) is 35.6 Å². The Balaban J connectivity index is 2.56. The summed E-state index contributed by atoms with van der Waals surface area (Å²) >= 11 is 0. The minimum Gasteiger partial charge on any atom is -0.265 e. The van der Waals surface area contributed by atoms with E-state index in [-0.39, 0.29) is 11.5 Å². The van der Waals surface area contributed by atoms with Gasteiger partial charge in [-0.05, 0) is 32.1 Å². The molecule has 0 aliphatic carbocycles. The van der Waals surface area contributed by atoms with Crippen LogP contribution in [0.5, 0.6) is 0 Å². The van der Waals surface area contributed by atoms with Gasteiger partial charge < -0.3 is 0 Å². The molecule has 0 unspecified atom stereocenters. The van der Waals surface area contributed by atoms with Crippen molar-refractivity contribution < 1.29 is 12.6 Å². The largest absolute Gasteiger partial charge is 0.297 e. The van der Waals surface area contributed by atoms with Crippen LogP contribution in [0.4, 0.5) is 0 Å². The number of aryl methyl sites for hydroxylation is 1. The molecule has 0 atom stereocenters. The normalized spacial score (nSPS) is 11.2. The molecule has 0 fully saturated rings. The first-order valence-corrected chi connectivity index (χ1v) is 7.03. The Hall–Kier alpha value is -1.57. The van der Waals surface area contributed by atoms with Crippen LogP contribution in [0.2, 0.25) is 0 Å². The molecule has 0 aromatic heterocycles. The highest BCUT2D eigenvalue weighted by Gasteiger charge is 2.13. The Kier molecular flexibility index (Phi) is 5.63. The van der Waals surface area contributed by atoms with E-state index in [0.29, 0.717) is 6.42 Å². The van der Waals surface area contributed by atoms with Crippen molar-refractivity contribution in [2.45, 2.75) is 25.2 Å². The molecule has 0 radical (unpaired) electrons. The van der Waals surface area contributed by atoms with E-state index in [4.69, 9.17) is 4.18 Å². The van der Waals surface area contributed by atoms with Crippen LogP contribution in [-0.2, 0) is 14.3 Å². The summed E-state index contributed by atoms with van der Waals surface area (Å²) in [6, 6.07) is 6.55. The second-order valence-corrected chi connectivity index (χ2v) is 5.28. The third-order valence-corrected chi connectivity index (χ3v) is 3.45. The Morgan fingerprint density at radius 1 is 1.28 bits per heavy atom. The van der Waals surface area contributed by atoms with Crippen LogP contribution in [0.1, 0.15) is 18.9 Å². The molecule has 18 heavy (non-hydrogen) atoms. The molecule has 0 saturated heterocycles. The molecule has 0 bridgehead atoms. The van der Waals surface area contributed by atoms with Crippen molar-refractivity contribution in [1.82, 2.24) is 0 Å². The number of benzene rings is 1. The fourth-order valence-corrected chi connectivity index (χ4v) is 2.10. The van der Waals surface area contributed by atoms with Gasteiger partial charge in [0.05, 0.1) is 11.5 Å². The number of hydrogen-bond acceptors (Lipinski definition) is 3. The quantitative estimate of drug-likeness (QED) is 0.477. The third-order valence-electron chi connectivity index (χ3n) is 2.13. The number of rotatable bonds is 4. The first-order valence-electron chi connectivity index (χ1n) is 5.62. The molecule has 0 saturated carbocycles. The molecule has 96 valence electrons. The van der Waals surface area contributed by atoms with Gasteiger partial charge in [0.2, 0.25) is 0 Å². The van der Waals surface area contributed by atoms with Gasteiger partial charge in [-0.25, -0.2) is 0 Å². The van der Waals surface area contributed by atoms with E-state index in [1.165, 1.54) is 12.1 Å². The third kappa shape index (κ3) is 4.74. The molecular weight excluding hydrogens is 248 g/mol. The van der Waals surface area contributed by atoms with E-state index in [1.807, 2.05) is 19.9 Å².